The van der Waals surface area contributed by atoms with Crippen molar-refractivity contribution < 1.29 is 4.74 Å². The Hall–Kier alpha value is -1.14. The van der Waals surface area contributed by atoms with Gasteiger partial charge in [-0.15, -0.1) is 0 Å². The van der Waals surface area contributed by atoms with Gasteiger partial charge in [-0.1, -0.05) is 12.1 Å². The minimum Gasteiger partial charge on any atom is -0.494 e. The number of nitrogens with zero attached hydrogens (tertiary/aromatic N) is 3. The molecule has 0 aromatic heterocycles. The number of hydrogen-bond acceptors (Lipinski definition) is 5. The maximum absolute atomic E-state index is 6.07. The Morgan fingerprint density at radius 3 is 2.61 bits per heavy atom. The molecule has 1 aromatic rings. The molecule has 1 unspecified atom stereocenters. The van der Waals surface area contributed by atoms with Crippen molar-refractivity contribution >= 4 is 0 Å². The molecule has 0 aliphatic carbocycles. The molecule has 1 fully saturated rings. The van der Waals surface area contributed by atoms with Crippen LogP contribution in [0.1, 0.15) is 18.0 Å². The Kier molecular flexibility index (Phi) is 7.30. The molecule has 1 heterocycles. The van der Waals surface area contributed by atoms with Gasteiger partial charge >= 0.3 is 0 Å². The van der Waals surface area contributed by atoms with E-state index in [9.17, 15) is 0 Å². The molecular formula is C18H32N4O. The smallest absolute Gasteiger partial charge is 0.119 e. The molecule has 1 saturated heterocycles. The molecule has 2 N–H and O–H groups in total. The second-order valence-electron chi connectivity index (χ2n) is 6.67. The van der Waals surface area contributed by atoms with E-state index in [2.05, 4.69) is 54.0 Å². The van der Waals surface area contributed by atoms with Crippen molar-refractivity contribution in [2.45, 2.75) is 12.5 Å². The normalized spacial score (nSPS) is 18.3. The third-order valence-corrected chi connectivity index (χ3v) is 4.46. The summed E-state index contributed by atoms with van der Waals surface area (Å²) in [6.07, 6.45) is 1.04. The molecule has 1 aromatic carbocycles. The number of rotatable bonds is 8. The predicted molar refractivity (Wildman–Crippen MR) is 96.0 cm³/mol. The molecule has 0 saturated carbocycles. The van der Waals surface area contributed by atoms with Gasteiger partial charge in [-0.3, -0.25) is 4.90 Å². The van der Waals surface area contributed by atoms with Gasteiger partial charge in [-0.25, -0.2) is 0 Å². The van der Waals surface area contributed by atoms with Crippen LogP contribution in [0.15, 0.2) is 24.3 Å². The van der Waals surface area contributed by atoms with Gasteiger partial charge in [0.05, 0.1) is 6.61 Å². The van der Waals surface area contributed by atoms with E-state index in [1.54, 1.807) is 0 Å². The van der Waals surface area contributed by atoms with Gasteiger partial charge in [0.15, 0.2) is 0 Å². The summed E-state index contributed by atoms with van der Waals surface area (Å²) in [6.45, 7) is 6.82. The summed E-state index contributed by atoms with van der Waals surface area (Å²) >= 11 is 0. The van der Waals surface area contributed by atoms with Crippen molar-refractivity contribution in [2.75, 3.05) is 67.0 Å². The van der Waals surface area contributed by atoms with Crippen LogP contribution in [0.3, 0.4) is 0 Å². The third kappa shape index (κ3) is 5.77. The third-order valence-electron chi connectivity index (χ3n) is 4.46. The summed E-state index contributed by atoms with van der Waals surface area (Å²) in [6, 6.07) is 8.73. The molecule has 23 heavy (non-hydrogen) atoms. The van der Waals surface area contributed by atoms with E-state index in [0.717, 1.165) is 51.5 Å². The summed E-state index contributed by atoms with van der Waals surface area (Å²) in [7, 11) is 6.35. The molecule has 1 atom stereocenters. The lowest BCUT2D eigenvalue weighted by molar-refractivity contribution is 0.114. The second-order valence-corrected chi connectivity index (χ2v) is 6.67. The highest BCUT2D eigenvalue weighted by molar-refractivity contribution is 5.31. The first-order valence-corrected chi connectivity index (χ1v) is 8.60. The van der Waals surface area contributed by atoms with Crippen LogP contribution < -0.4 is 10.5 Å². The molecule has 0 amide bonds. The average Bonchev–Trinajstić information content (AvgIpc) is 2.54. The average molecular weight is 320 g/mol. The van der Waals surface area contributed by atoms with E-state index in [0.29, 0.717) is 6.54 Å². The van der Waals surface area contributed by atoms with Gasteiger partial charge in [0, 0.05) is 45.3 Å². The molecule has 2 rings (SSSR count). The molecule has 0 radical (unpaired) electrons. The number of ether oxygens (including phenoxy) is 1. The van der Waals surface area contributed by atoms with Gasteiger partial charge in [-0.05, 0) is 45.3 Å². The minimum absolute atomic E-state index is 0.286. The zero-order chi connectivity index (χ0) is 16.7. The summed E-state index contributed by atoms with van der Waals surface area (Å²) in [5, 5.41) is 0. The quantitative estimate of drug-likeness (QED) is 0.731. The fraction of sp³-hybridized carbons (Fsp3) is 0.667. The molecule has 1 aliphatic rings. The van der Waals surface area contributed by atoms with Crippen LogP contribution >= 0.6 is 0 Å². The first-order valence-electron chi connectivity index (χ1n) is 8.60. The van der Waals surface area contributed by atoms with E-state index in [-0.39, 0.29) is 6.04 Å². The highest BCUT2D eigenvalue weighted by Gasteiger charge is 2.22. The Morgan fingerprint density at radius 1 is 1.22 bits per heavy atom. The largest absolute Gasteiger partial charge is 0.494 e. The zero-order valence-corrected chi connectivity index (χ0v) is 14.9. The molecule has 0 spiro atoms. The van der Waals surface area contributed by atoms with Gasteiger partial charge in [-0.2, -0.15) is 0 Å². The Bertz CT molecular complexity index is 458. The van der Waals surface area contributed by atoms with Crippen LogP contribution in [-0.2, 0) is 0 Å². The van der Waals surface area contributed by atoms with Crippen molar-refractivity contribution in [3.8, 4) is 5.75 Å². The highest BCUT2D eigenvalue weighted by atomic mass is 16.5. The lowest BCUT2D eigenvalue weighted by Crippen LogP contribution is -2.47. The lowest BCUT2D eigenvalue weighted by Gasteiger charge is -2.37. The predicted octanol–water partition coefficient (Wildman–Crippen LogP) is 1.26. The lowest BCUT2D eigenvalue weighted by atomic mass is 10.0. The van der Waals surface area contributed by atoms with Crippen molar-refractivity contribution in [3.63, 3.8) is 0 Å². The maximum Gasteiger partial charge on any atom is 0.119 e. The van der Waals surface area contributed by atoms with E-state index >= 15 is 0 Å². The van der Waals surface area contributed by atoms with Crippen LogP contribution in [0.2, 0.25) is 0 Å². The Morgan fingerprint density at radius 2 is 1.96 bits per heavy atom. The fourth-order valence-electron chi connectivity index (χ4n) is 3.01. The van der Waals surface area contributed by atoms with Crippen molar-refractivity contribution in [1.82, 2.24) is 14.7 Å². The van der Waals surface area contributed by atoms with Crippen LogP contribution in [0.5, 0.6) is 5.75 Å². The number of hydrogen-bond donors (Lipinski definition) is 1. The van der Waals surface area contributed by atoms with E-state index in [1.165, 1.54) is 5.56 Å². The molecule has 130 valence electrons. The van der Waals surface area contributed by atoms with E-state index < -0.39 is 0 Å². The molecule has 1 aliphatic heterocycles. The maximum atomic E-state index is 6.07. The summed E-state index contributed by atoms with van der Waals surface area (Å²) < 4.78 is 5.90. The van der Waals surface area contributed by atoms with Crippen molar-refractivity contribution in [1.29, 1.82) is 0 Å². The summed E-state index contributed by atoms with van der Waals surface area (Å²) in [5.74, 6) is 0.953. The van der Waals surface area contributed by atoms with Gasteiger partial charge in [0.25, 0.3) is 0 Å². The molecule has 0 bridgehead atoms. The van der Waals surface area contributed by atoms with Crippen LogP contribution in [-0.4, -0.2) is 81.7 Å². The number of benzene rings is 1. The Balaban J connectivity index is 1.93. The summed E-state index contributed by atoms with van der Waals surface area (Å²) in [4.78, 5) is 7.04. The number of nitrogens with two attached hydrogens (primary N) is 1. The standard InChI is InChI=1S/C18H32N4O/c1-20(2)8-5-13-23-17-7-4-6-16(14-17)18(15-19)22-11-9-21(3)10-12-22/h4,6-7,14,18H,5,8-13,15,19H2,1-3H3. The van der Waals surface area contributed by atoms with E-state index in [1.807, 2.05) is 6.07 Å². The first kappa shape index (κ1) is 18.2. The molecule has 5 heteroatoms. The first-order chi connectivity index (χ1) is 11.1. The van der Waals surface area contributed by atoms with Crippen molar-refractivity contribution in [2.24, 2.45) is 5.73 Å². The topological polar surface area (TPSA) is 45.0 Å². The van der Waals surface area contributed by atoms with Gasteiger partial charge < -0.3 is 20.3 Å². The molecule has 5 nitrogen and oxygen atoms in total. The zero-order valence-electron chi connectivity index (χ0n) is 14.9. The SMILES string of the molecule is CN(C)CCCOc1cccc(C(CN)N2CCN(C)CC2)c1. The van der Waals surface area contributed by atoms with Crippen LogP contribution in [0.25, 0.3) is 0 Å². The van der Waals surface area contributed by atoms with Crippen LogP contribution in [0, 0.1) is 0 Å². The monoisotopic (exact) mass is 320 g/mol. The van der Waals surface area contributed by atoms with Gasteiger partial charge in [0.1, 0.15) is 5.75 Å². The molecular weight excluding hydrogens is 288 g/mol. The fourth-order valence-corrected chi connectivity index (χ4v) is 3.01. The number of piperazine rings is 1. The second kappa shape index (κ2) is 9.23. The summed E-state index contributed by atoms with van der Waals surface area (Å²) in [5.41, 5.74) is 7.34. The Labute approximate surface area is 141 Å². The minimum atomic E-state index is 0.286. The highest BCUT2D eigenvalue weighted by Crippen LogP contribution is 2.24. The van der Waals surface area contributed by atoms with Crippen molar-refractivity contribution in [3.05, 3.63) is 29.8 Å². The number of likely N-dealkylation sites (N-methyl/N-ethyl adjacent to an activating group) is 1. The van der Waals surface area contributed by atoms with E-state index in [4.69, 9.17) is 10.5 Å². The van der Waals surface area contributed by atoms with Gasteiger partial charge in [0.2, 0.25) is 0 Å². The van der Waals surface area contributed by atoms with Crippen LogP contribution in [0.4, 0.5) is 0 Å².